The van der Waals surface area contributed by atoms with E-state index in [1.54, 1.807) is 7.11 Å². The zero-order valence-corrected chi connectivity index (χ0v) is 12.5. The van der Waals surface area contributed by atoms with Crippen molar-refractivity contribution >= 4 is 19.7 Å². The van der Waals surface area contributed by atoms with E-state index in [0.29, 0.717) is 39.5 Å². The molecule has 0 aromatic carbocycles. The van der Waals surface area contributed by atoms with Crippen molar-refractivity contribution in [3.63, 3.8) is 0 Å². The Morgan fingerprint density at radius 1 is 0.833 bits per heavy atom. The van der Waals surface area contributed by atoms with Gasteiger partial charge in [-0.05, 0) is 12.8 Å². The Kier molecular flexibility index (Phi) is 12.3. The summed E-state index contributed by atoms with van der Waals surface area (Å²) in [4.78, 5) is 0. The minimum absolute atomic E-state index is 0.0583. The van der Waals surface area contributed by atoms with Crippen molar-refractivity contribution in [2.75, 3.05) is 45.9 Å². The third kappa shape index (κ3) is 16.1. The van der Waals surface area contributed by atoms with Crippen LogP contribution in [0.4, 0.5) is 0 Å². The van der Waals surface area contributed by atoms with E-state index < -0.39 is 9.05 Å². The molecule has 0 saturated heterocycles. The fourth-order valence-corrected chi connectivity index (χ4v) is 2.17. The molecule has 7 heteroatoms. The second-order valence-corrected chi connectivity index (χ2v) is 6.77. The summed E-state index contributed by atoms with van der Waals surface area (Å²) in [5.74, 6) is 0.0583. The van der Waals surface area contributed by atoms with Crippen molar-refractivity contribution in [1.29, 1.82) is 0 Å². The molecule has 0 aromatic heterocycles. The lowest BCUT2D eigenvalue weighted by atomic mass is 10.2. The normalized spacial score (nSPS) is 11.9. The number of halogens is 1. The van der Waals surface area contributed by atoms with Crippen LogP contribution in [0.1, 0.15) is 25.7 Å². The van der Waals surface area contributed by atoms with Gasteiger partial charge < -0.3 is 14.2 Å². The maximum atomic E-state index is 10.6. The molecule has 0 aromatic rings. The third-order valence-corrected chi connectivity index (χ3v) is 3.47. The summed E-state index contributed by atoms with van der Waals surface area (Å²) in [7, 11) is 3.40. The number of hydrogen-bond acceptors (Lipinski definition) is 5. The summed E-state index contributed by atoms with van der Waals surface area (Å²) in [5.41, 5.74) is 0. The predicted octanol–water partition coefficient (Wildman–Crippen LogP) is 1.80. The monoisotopic (exact) mass is 302 g/mol. The quantitative estimate of drug-likeness (QED) is 0.383. The molecular weight excluding hydrogens is 280 g/mol. The van der Waals surface area contributed by atoms with Gasteiger partial charge in [-0.1, -0.05) is 12.8 Å². The van der Waals surface area contributed by atoms with E-state index in [4.69, 9.17) is 24.9 Å². The van der Waals surface area contributed by atoms with Crippen molar-refractivity contribution < 1.29 is 22.6 Å². The molecular formula is C11H23ClO5S. The Labute approximate surface area is 114 Å². The molecule has 0 unspecified atom stereocenters. The molecule has 0 saturated carbocycles. The van der Waals surface area contributed by atoms with E-state index in [-0.39, 0.29) is 5.75 Å². The maximum absolute atomic E-state index is 10.6. The Bertz CT molecular complexity index is 269. The minimum atomic E-state index is -3.32. The van der Waals surface area contributed by atoms with Crippen LogP contribution in [0.3, 0.4) is 0 Å². The topological polar surface area (TPSA) is 61.8 Å². The molecule has 0 aliphatic rings. The van der Waals surface area contributed by atoms with Crippen molar-refractivity contribution in [3.05, 3.63) is 0 Å². The Morgan fingerprint density at radius 2 is 1.39 bits per heavy atom. The summed E-state index contributed by atoms with van der Waals surface area (Å²) >= 11 is 0. The summed E-state index contributed by atoms with van der Waals surface area (Å²) < 4.78 is 36.7. The molecule has 0 fully saturated rings. The first-order valence-corrected chi connectivity index (χ1v) is 8.61. The predicted molar refractivity (Wildman–Crippen MR) is 71.6 cm³/mol. The molecule has 0 N–H and O–H groups in total. The highest BCUT2D eigenvalue weighted by Gasteiger charge is 2.03. The van der Waals surface area contributed by atoms with Gasteiger partial charge in [0.05, 0.1) is 32.2 Å². The number of hydrogen-bond donors (Lipinski definition) is 0. The first kappa shape index (κ1) is 18.1. The summed E-state index contributed by atoms with van der Waals surface area (Å²) in [6.07, 6.45) is 3.36. The molecule has 18 heavy (non-hydrogen) atoms. The van der Waals surface area contributed by atoms with Crippen LogP contribution in [-0.4, -0.2) is 54.3 Å². The van der Waals surface area contributed by atoms with Gasteiger partial charge in [0.2, 0.25) is 9.05 Å². The first-order chi connectivity index (χ1) is 8.56. The second-order valence-electron chi connectivity index (χ2n) is 3.87. The first-order valence-electron chi connectivity index (χ1n) is 6.13. The molecule has 5 nitrogen and oxygen atoms in total. The number of ether oxygens (including phenoxy) is 3. The van der Waals surface area contributed by atoms with Gasteiger partial charge >= 0.3 is 0 Å². The van der Waals surface area contributed by atoms with Crippen molar-refractivity contribution in [2.45, 2.75) is 25.7 Å². The summed E-state index contributed by atoms with van der Waals surface area (Å²) in [6, 6.07) is 0. The number of rotatable bonds is 13. The minimum Gasteiger partial charge on any atom is -0.382 e. The highest BCUT2D eigenvalue weighted by atomic mass is 35.7. The van der Waals surface area contributed by atoms with E-state index in [1.165, 1.54) is 0 Å². The highest BCUT2D eigenvalue weighted by Crippen LogP contribution is 2.05. The second kappa shape index (κ2) is 12.2. The molecule has 0 aliphatic carbocycles. The SMILES string of the molecule is COCCOCCOCCCCCCS(=O)(=O)Cl. The maximum Gasteiger partial charge on any atom is 0.232 e. The van der Waals surface area contributed by atoms with E-state index in [1.807, 2.05) is 0 Å². The van der Waals surface area contributed by atoms with Crippen LogP contribution in [0, 0.1) is 0 Å². The van der Waals surface area contributed by atoms with Crippen molar-refractivity contribution in [1.82, 2.24) is 0 Å². The highest BCUT2D eigenvalue weighted by molar-refractivity contribution is 8.13. The van der Waals surface area contributed by atoms with Crippen LogP contribution in [0.15, 0.2) is 0 Å². The zero-order chi connectivity index (χ0) is 13.7. The molecule has 0 spiro atoms. The van der Waals surface area contributed by atoms with Crippen LogP contribution in [0.2, 0.25) is 0 Å². The van der Waals surface area contributed by atoms with E-state index in [2.05, 4.69) is 0 Å². The van der Waals surface area contributed by atoms with Crippen LogP contribution < -0.4 is 0 Å². The smallest absolute Gasteiger partial charge is 0.232 e. The van der Waals surface area contributed by atoms with E-state index in [0.717, 1.165) is 19.3 Å². The van der Waals surface area contributed by atoms with Gasteiger partial charge in [-0.15, -0.1) is 0 Å². The van der Waals surface area contributed by atoms with Gasteiger partial charge in [0.15, 0.2) is 0 Å². The molecule has 0 atom stereocenters. The average molecular weight is 303 g/mol. The number of methoxy groups -OCH3 is 1. The molecule has 0 bridgehead atoms. The van der Waals surface area contributed by atoms with Gasteiger partial charge in [0.25, 0.3) is 0 Å². The summed E-state index contributed by atoms with van der Waals surface area (Å²) in [5, 5.41) is 0. The van der Waals surface area contributed by atoms with Crippen LogP contribution in [-0.2, 0) is 23.3 Å². The molecule has 0 rings (SSSR count). The van der Waals surface area contributed by atoms with Crippen molar-refractivity contribution in [2.24, 2.45) is 0 Å². The van der Waals surface area contributed by atoms with Gasteiger partial charge in [-0.2, -0.15) is 0 Å². The largest absolute Gasteiger partial charge is 0.382 e. The zero-order valence-electron chi connectivity index (χ0n) is 10.9. The molecule has 0 heterocycles. The standard InChI is InChI=1S/C11H23ClO5S/c1-15-7-8-17-10-9-16-6-4-2-3-5-11-18(12,13)14/h2-11H2,1H3. The van der Waals surface area contributed by atoms with Gasteiger partial charge in [-0.3, -0.25) is 0 Å². The van der Waals surface area contributed by atoms with Crippen LogP contribution in [0.25, 0.3) is 0 Å². The lowest BCUT2D eigenvalue weighted by molar-refractivity contribution is 0.0240. The van der Waals surface area contributed by atoms with Gasteiger partial charge in [-0.25, -0.2) is 8.42 Å². The Balaban J connectivity index is 3.03. The molecule has 0 aliphatic heterocycles. The average Bonchev–Trinajstić information content (AvgIpc) is 2.29. The van der Waals surface area contributed by atoms with E-state index in [9.17, 15) is 8.42 Å². The van der Waals surface area contributed by atoms with Crippen LogP contribution in [0.5, 0.6) is 0 Å². The Hall–Kier alpha value is 0.120. The number of unbranched alkanes of at least 4 members (excludes halogenated alkanes) is 3. The lowest BCUT2D eigenvalue weighted by Crippen LogP contribution is -2.08. The lowest BCUT2D eigenvalue weighted by Gasteiger charge is -2.05. The van der Waals surface area contributed by atoms with Crippen molar-refractivity contribution in [3.8, 4) is 0 Å². The fourth-order valence-electron chi connectivity index (χ4n) is 1.30. The van der Waals surface area contributed by atoms with E-state index >= 15 is 0 Å². The Morgan fingerprint density at radius 3 is 2.00 bits per heavy atom. The van der Waals surface area contributed by atoms with Crippen LogP contribution >= 0.6 is 10.7 Å². The third-order valence-electron chi connectivity index (χ3n) is 2.23. The molecule has 110 valence electrons. The molecule has 0 amide bonds. The molecule has 0 radical (unpaired) electrons. The van der Waals surface area contributed by atoms with Gasteiger partial charge in [0.1, 0.15) is 0 Å². The fraction of sp³-hybridized carbons (Fsp3) is 1.00. The summed E-state index contributed by atoms with van der Waals surface area (Å²) in [6.45, 7) is 3.03. The van der Waals surface area contributed by atoms with Gasteiger partial charge in [0, 0.05) is 24.4 Å².